The van der Waals surface area contributed by atoms with Crippen LogP contribution in [0.15, 0.2) is 0 Å². The standard InChI is InChI=1S/C16H25NO2.C15H17NO5.C6H14.2C5H12.CH4/c1-3-12(4-2)17-16(18)19-11-15-13-9-7-5-6-8-10-14(13)15;17-13-7-8-14(18)16(13)21-15(19)20-9-12-10-5-3-1-2-4-6-11(10)12;1-4-6(3)5-2;2*1-3-5-4-2;/h12-15H,3-4,7-11H2,1-2H3,(H,17,18);10-12H,3-9H2;6H,4-5H2,1-3H3;2*3-5H2,1-2H3;1H4/t13-,14+,15?;10-,11+,12?;;;;. The zero-order valence-electron chi connectivity index (χ0n) is 37.0. The lowest BCUT2D eigenvalue weighted by Gasteiger charge is -2.14. The number of ether oxygens (including phenoxy) is 2. The van der Waals surface area contributed by atoms with E-state index in [4.69, 9.17) is 9.47 Å². The number of hydrogen-bond donors (Lipinski definition) is 1. The summed E-state index contributed by atoms with van der Waals surface area (Å²) >= 11 is 0. The Kier molecular flexibility index (Phi) is 30.9. The minimum atomic E-state index is -0.978. The number of unbranched alkanes of at least 4 members (excludes halogenated alkanes) is 4. The fraction of sp³-hybridized carbons (Fsp3) is 0.833. The third kappa shape index (κ3) is 22.5. The van der Waals surface area contributed by atoms with Gasteiger partial charge in [0.15, 0.2) is 0 Å². The van der Waals surface area contributed by atoms with Crippen LogP contribution < -0.4 is 5.32 Å². The zero-order chi connectivity index (χ0) is 41.7. The molecule has 5 rings (SSSR count). The second-order valence-electron chi connectivity index (χ2n) is 16.0. The maximum Gasteiger partial charge on any atom is 0.533 e. The van der Waals surface area contributed by atoms with E-state index in [0.717, 1.165) is 69.1 Å². The van der Waals surface area contributed by atoms with Gasteiger partial charge in [-0.1, -0.05) is 126 Å². The van der Waals surface area contributed by atoms with Gasteiger partial charge in [0.05, 0.1) is 13.2 Å². The predicted molar refractivity (Wildman–Crippen MR) is 233 cm³/mol. The van der Waals surface area contributed by atoms with Gasteiger partial charge in [0, 0.05) is 44.6 Å². The molecule has 328 valence electrons. The van der Waals surface area contributed by atoms with E-state index in [1.165, 1.54) is 64.2 Å². The number of hydroxylamine groups is 2. The molecule has 1 aliphatic heterocycles. The highest BCUT2D eigenvalue weighted by molar-refractivity contribution is 6.01. The molecule has 5 aliphatic rings. The lowest BCUT2D eigenvalue weighted by Crippen LogP contribution is -2.34. The van der Waals surface area contributed by atoms with E-state index in [-0.39, 0.29) is 39.0 Å². The normalized spacial score (nSPS) is 23.3. The molecule has 3 fully saturated rings. The van der Waals surface area contributed by atoms with Gasteiger partial charge in [-0.25, -0.2) is 9.59 Å². The van der Waals surface area contributed by atoms with Crippen molar-refractivity contribution in [3.63, 3.8) is 0 Å². The first-order valence-electron chi connectivity index (χ1n) is 22.6. The van der Waals surface area contributed by atoms with Crippen molar-refractivity contribution in [2.24, 2.45) is 41.4 Å². The molecule has 1 heterocycles. The van der Waals surface area contributed by atoms with Crippen LogP contribution in [0.2, 0.25) is 0 Å². The highest BCUT2D eigenvalue weighted by atomic mass is 16.8. The Hall–Kier alpha value is -3.20. The Morgan fingerprint density at radius 3 is 1.30 bits per heavy atom. The summed E-state index contributed by atoms with van der Waals surface area (Å²) in [5.41, 5.74) is 0. The molecule has 0 aromatic carbocycles. The minimum Gasteiger partial charge on any atom is -0.449 e. The van der Waals surface area contributed by atoms with E-state index >= 15 is 0 Å². The van der Waals surface area contributed by atoms with E-state index in [9.17, 15) is 19.2 Å². The van der Waals surface area contributed by atoms with E-state index < -0.39 is 18.0 Å². The molecule has 1 N–H and O–H groups in total. The Balaban J connectivity index is 0.000000794. The molecule has 1 saturated heterocycles. The highest BCUT2D eigenvalue weighted by Gasteiger charge is 2.50. The summed E-state index contributed by atoms with van der Waals surface area (Å²) < 4.78 is 10.4. The van der Waals surface area contributed by atoms with Crippen LogP contribution in [0.5, 0.6) is 0 Å². The van der Waals surface area contributed by atoms with Gasteiger partial charge in [0.25, 0.3) is 11.8 Å². The smallest absolute Gasteiger partial charge is 0.449 e. The number of carbonyl (C=O) groups excluding carboxylic acids is 4. The maximum absolute atomic E-state index is 11.7. The third-order valence-electron chi connectivity index (χ3n) is 11.8. The van der Waals surface area contributed by atoms with Gasteiger partial charge in [-0.05, 0) is 80.0 Å². The molecular weight excluding hydrogens is 717 g/mol. The van der Waals surface area contributed by atoms with E-state index in [2.05, 4.69) is 96.1 Å². The van der Waals surface area contributed by atoms with Crippen molar-refractivity contribution < 1.29 is 33.5 Å². The fourth-order valence-corrected chi connectivity index (χ4v) is 7.36. The quantitative estimate of drug-likeness (QED) is 0.106. The topological polar surface area (TPSA) is 111 Å². The predicted octanol–water partition coefficient (Wildman–Crippen LogP) is 12.5. The first-order chi connectivity index (χ1) is 27.1. The van der Waals surface area contributed by atoms with Gasteiger partial charge in [-0.3, -0.25) is 14.4 Å². The molecule has 0 aromatic rings. The Morgan fingerprint density at radius 2 is 1.00 bits per heavy atom. The number of nitrogens with zero attached hydrogens (tertiary/aromatic N) is 1. The van der Waals surface area contributed by atoms with Crippen LogP contribution in [0.4, 0.5) is 9.59 Å². The number of alkyl carbamates (subject to hydrolysis) is 1. The summed E-state index contributed by atoms with van der Waals surface area (Å²) in [6, 6.07) is 0.244. The van der Waals surface area contributed by atoms with Crippen molar-refractivity contribution in [3.05, 3.63) is 0 Å². The molecule has 2 saturated carbocycles. The SMILES string of the molecule is C.CCC(C)CC.CCC(CC)NC(=O)OCC1[C@H]2CCC#CCC[C@@H]12.CCCCC.CCCCC.O=C(OCC1[C@H]2CCC#CCC[C@@H]12)ON1C(=O)CCC1=O. The summed E-state index contributed by atoms with van der Waals surface area (Å²) in [7, 11) is 0. The lowest BCUT2D eigenvalue weighted by molar-refractivity contribution is -0.177. The molecule has 9 nitrogen and oxygen atoms in total. The van der Waals surface area contributed by atoms with Gasteiger partial charge in [0.1, 0.15) is 0 Å². The van der Waals surface area contributed by atoms with Crippen LogP contribution in [0, 0.1) is 65.1 Å². The number of fused-ring (bicyclic) bond motifs is 2. The number of amides is 3. The van der Waals surface area contributed by atoms with Crippen molar-refractivity contribution in [2.45, 2.75) is 204 Å². The number of imide groups is 1. The van der Waals surface area contributed by atoms with Crippen LogP contribution in [-0.2, 0) is 23.9 Å². The van der Waals surface area contributed by atoms with Gasteiger partial charge < -0.3 is 14.8 Å². The molecule has 0 radical (unpaired) electrons. The molecule has 0 spiro atoms. The molecule has 57 heavy (non-hydrogen) atoms. The molecule has 9 heteroatoms. The van der Waals surface area contributed by atoms with E-state index in [0.29, 0.717) is 35.3 Å². The molecule has 4 aliphatic carbocycles. The molecule has 0 bridgehead atoms. The van der Waals surface area contributed by atoms with Gasteiger partial charge in [-0.15, -0.1) is 23.7 Å². The summed E-state index contributed by atoms with van der Waals surface area (Å²) in [6.07, 6.45) is 19.9. The summed E-state index contributed by atoms with van der Waals surface area (Å²) in [5, 5.41) is 3.43. The Labute approximate surface area is 349 Å². The average molecular weight is 801 g/mol. The highest BCUT2D eigenvalue weighted by Crippen LogP contribution is 2.53. The Morgan fingerprint density at radius 1 is 0.632 bits per heavy atom. The van der Waals surface area contributed by atoms with Crippen LogP contribution >= 0.6 is 0 Å². The maximum atomic E-state index is 11.7. The molecule has 6 atom stereocenters. The third-order valence-corrected chi connectivity index (χ3v) is 11.8. The van der Waals surface area contributed by atoms with Crippen LogP contribution in [0.25, 0.3) is 0 Å². The van der Waals surface area contributed by atoms with Crippen molar-refractivity contribution in [3.8, 4) is 23.7 Å². The number of hydrogen-bond acceptors (Lipinski definition) is 7. The summed E-state index contributed by atoms with van der Waals surface area (Å²) in [5.74, 6) is 16.2. The number of nitrogens with one attached hydrogen (secondary N) is 1. The second-order valence-corrected chi connectivity index (χ2v) is 16.0. The van der Waals surface area contributed by atoms with Crippen LogP contribution in [0.1, 0.15) is 198 Å². The number of carbonyl (C=O) groups is 4. The van der Waals surface area contributed by atoms with Crippen molar-refractivity contribution in [1.29, 1.82) is 0 Å². The zero-order valence-corrected chi connectivity index (χ0v) is 37.0. The minimum absolute atomic E-state index is 0. The number of rotatable bonds is 14. The molecule has 3 amide bonds. The Bertz CT molecular complexity index is 1180. The molecule has 0 aromatic heterocycles. The van der Waals surface area contributed by atoms with Crippen molar-refractivity contribution in [2.75, 3.05) is 13.2 Å². The van der Waals surface area contributed by atoms with Crippen molar-refractivity contribution in [1.82, 2.24) is 10.4 Å². The van der Waals surface area contributed by atoms with Crippen molar-refractivity contribution >= 4 is 24.1 Å². The van der Waals surface area contributed by atoms with Gasteiger partial charge in [-0.2, -0.15) is 0 Å². The monoisotopic (exact) mass is 801 g/mol. The van der Waals surface area contributed by atoms with Gasteiger partial charge in [0.2, 0.25) is 0 Å². The molecular formula is C48H84N2O7. The first kappa shape index (κ1) is 53.8. The summed E-state index contributed by atoms with van der Waals surface area (Å²) in [6.45, 7) is 20.6. The van der Waals surface area contributed by atoms with Crippen LogP contribution in [-0.4, -0.2) is 48.4 Å². The average Bonchev–Trinajstić information content (AvgIpc) is 4.01. The van der Waals surface area contributed by atoms with E-state index in [1.807, 2.05) is 0 Å². The van der Waals surface area contributed by atoms with Crippen LogP contribution in [0.3, 0.4) is 0 Å². The van der Waals surface area contributed by atoms with Gasteiger partial charge >= 0.3 is 12.2 Å². The first-order valence-corrected chi connectivity index (χ1v) is 22.6. The largest absolute Gasteiger partial charge is 0.533 e. The van der Waals surface area contributed by atoms with E-state index in [1.54, 1.807) is 0 Å². The molecule has 2 unspecified atom stereocenters. The second kappa shape index (κ2) is 32.7. The lowest BCUT2D eigenvalue weighted by atomic mass is 10.1. The summed E-state index contributed by atoms with van der Waals surface area (Å²) in [4.78, 5) is 50.5. The fourth-order valence-electron chi connectivity index (χ4n) is 7.36.